The zero-order valence-corrected chi connectivity index (χ0v) is 16.5. The molecule has 0 radical (unpaired) electrons. The fourth-order valence-corrected chi connectivity index (χ4v) is 5.27. The van der Waals surface area contributed by atoms with Gasteiger partial charge >= 0.3 is 0 Å². The van der Waals surface area contributed by atoms with E-state index in [1.807, 2.05) is 24.3 Å². The van der Waals surface area contributed by atoms with Gasteiger partial charge in [0.2, 0.25) is 0 Å². The van der Waals surface area contributed by atoms with Gasteiger partial charge in [0.25, 0.3) is 10.0 Å². The van der Waals surface area contributed by atoms with E-state index < -0.39 is 16.1 Å². The van der Waals surface area contributed by atoms with Gasteiger partial charge in [0.15, 0.2) is 4.90 Å². The predicted molar refractivity (Wildman–Crippen MR) is 102 cm³/mol. The molecule has 3 rings (SSSR count). The molecule has 1 aliphatic rings. The summed E-state index contributed by atoms with van der Waals surface area (Å²) in [6.45, 7) is 1.37. The summed E-state index contributed by atoms with van der Waals surface area (Å²) >= 11 is 0. The normalized spacial score (nSPS) is 18.1. The van der Waals surface area contributed by atoms with Gasteiger partial charge in [0, 0.05) is 25.2 Å². The van der Waals surface area contributed by atoms with E-state index in [-0.39, 0.29) is 16.4 Å². The number of hydrogen-bond donors (Lipinski definition) is 1. The molecule has 8 heteroatoms. The number of ether oxygens (including phenoxy) is 3. The first-order valence-electron chi connectivity index (χ1n) is 8.61. The molecule has 1 aliphatic heterocycles. The second kappa shape index (κ2) is 8.16. The van der Waals surface area contributed by atoms with Gasteiger partial charge in [-0.2, -0.15) is 4.31 Å². The van der Waals surface area contributed by atoms with Gasteiger partial charge in [-0.1, -0.05) is 24.3 Å². The first-order valence-corrected chi connectivity index (χ1v) is 10.0. The first-order chi connectivity index (χ1) is 13.0. The number of para-hydroxylation sites is 1. The van der Waals surface area contributed by atoms with Crippen LogP contribution in [0, 0.1) is 0 Å². The monoisotopic (exact) mass is 392 g/mol. The third kappa shape index (κ3) is 3.60. The van der Waals surface area contributed by atoms with Crippen LogP contribution in [-0.2, 0) is 10.0 Å². The molecular formula is C19H24N2O5S. The van der Waals surface area contributed by atoms with E-state index in [0.29, 0.717) is 25.4 Å². The largest absolute Gasteiger partial charge is 0.496 e. The Hall–Kier alpha value is -2.29. The van der Waals surface area contributed by atoms with Crippen molar-refractivity contribution in [2.24, 2.45) is 0 Å². The lowest BCUT2D eigenvalue weighted by Gasteiger charge is -2.36. The Morgan fingerprint density at radius 3 is 2.15 bits per heavy atom. The smallest absolute Gasteiger partial charge is 0.251 e. The van der Waals surface area contributed by atoms with Crippen molar-refractivity contribution < 1.29 is 22.6 Å². The molecule has 0 amide bonds. The number of benzene rings is 2. The topological polar surface area (TPSA) is 77.1 Å². The number of hydrogen-bond acceptors (Lipinski definition) is 6. The Labute approximate surface area is 159 Å². The van der Waals surface area contributed by atoms with E-state index in [0.717, 1.165) is 5.56 Å². The van der Waals surface area contributed by atoms with E-state index in [1.54, 1.807) is 25.3 Å². The van der Waals surface area contributed by atoms with Crippen LogP contribution in [0.15, 0.2) is 47.4 Å². The van der Waals surface area contributed by atoms with Gasteiger partial charge in [0.05, 0.1) is 27.4 Å². The number of rotatable bonds is 6. The highest BCUT2D eigenvalue weighted by Gasteiger charge is 2.39. The third-order valence-corrected chi connectivity index (χ3v) is 6.61. The minimum atomic E-state index is -3.88. The van der Waals surface area contributed by atoms with Crippen molar-refractivity contribution in [3.8, 4) is 17.2 Å². The zero-order valence-electron chi connectivity index (χ0n) is 15.6. The molecule has 2 aromatic carbocycles. The molecule has 0 aromatic heterocycles. The quantitative estimate of drug-likeness (QED) is 0.811. The van der Waals surface area contributed by atoms with Crippen LogP contribution in [0.25, 0.3) is 0 Å². The van der Waals surface area contributed by atoms with Gasteiger partial charge in [-0.05, 0) is 18.2 Å². The fraction of sp³-hybridized carbons (Fsp3) is 0.368. The van der Waals surface area contributed by atoms with E-state index in [4.69, 9.17) is 14.2 Å². The van der Waals surface area contributed by atoms with Crippen molar-refractivity contribution in [1.82, 2.24) is 9.62 Å². The van der Waals surface area contributed by atoms with E-state index >= 15 is 0 Å². The van der Waals surface area contributed by atoms with Gasteiger partial charge in [-0.3, -0.25) is 0 Å². The van der Waals surface area contributed by atoms with Gasteiger partial charge in [-0.25, -0.2) is 8.42 Å². The second-order valence-corrected chi connectivity index (χ2v) is 7.90. The molecule has 0 bridgehead atoms. The maximum atomic E-state index is 13.6. The lowest BCUT2D eigenvalue weighted by Crippen LogP contribution is -2.48. The summed E-state index contributed by atoms with van der Waals surface area (Å²) in [4.78, 5) is 0.0387. The Balaban J connectivity index is 2.12. The van der Waals surface area contributed by atoms with Crippen molar-refractivity contribution in [2.45, 2.75) is 10.9 Å². The maximum Gasteiger partial charge on any atom is 0.251 e. The molecule has 146 valence electrons. The molecule has 1 atom stereocenters. The highest BCUT2D eigenvalue weighted by atomic mass is 32.2. The molecule has 2 aromatic rings. The van der Waals surface area contributed by atoms with Gasteiger partial charge < -0.3 is 19.5 Å². The number of methoxy groups -OCH3 is 3. The van der Waals surface area contributed by atoms with Crippen LogP contribution in [-0.4, -0.2) is 53.7 Å². The zero-order chi connectivity index (χ0) is 19.4. The summed E-state index contributed by atoms with van der Waals surface area (Å²) in [5.74, 6) is 1.16. The summed E-state index contributed by atoms with van der Waals surface area (Å²) < 4.78 is 44.8. The average molecular weight is 392 g/mol. The summed E-state index contributed by atoms with van der Waals surface area (Å²) in [6.07, 6.45) is 0. The van der Waals surface area contributed by atoms with Crippen LogP contribution >= 0.6 is 0 Å². The molecule has 1 fully saturated rings. The summed E-state index contributed by atoms with van der Waals surface area (Å²) in [5.41, 5.74) is 0.810. The fourth-order valence-electron chi connectivity index (χ4n) is 3.37. The first kappa shape index (κ1) is 19.5. The van der Waals surface area contributed by atoms with E-state index in [2.05, 4.69) is 5.32 Å². The highest BCUT2D eigenvalue weighted by Crippen LogP contribution is 2.40. The summed E-state index contributed by atoms with van der Waals surface area (Å²) in [7, 11) is 0.594. The second-order valence-electron chi connectivity index (χ2n) is 6.07. The molecule has 0 saturated carbocycles. The molecule has 1 N–H and O–H groups in total. The van der Waals surface area contributed by atoms with Crippen LogP contribution in [0.4, 0.5) is 0 Å². The van der Waals surface area contributed by atoms with Crippen LogP contribution in [0.3, 0.4) is 0 Å². The van der Waals surface area contributed by atoms with Gasteiger partial charge in [0.1, 0.15) is 17.2 Å². The van der Waals surface area contributed by atoms with Crippen LogP contribution in [0.1, 0.15) is 11.6 Å². The van der Waals surface area contributed by atoms with Crippen molar-refractivity contribution in [2.75, 3.05) is 41.0 Å². The van der Waals surface area contributed by atoms with Crippen molar-refractivity contribution in [1.29, 1.82) is 0 Å². The van der Waals surface area contributed by atoms with E-state index in [1.165, 1.54) is 18.5 Å². The van der Waals surface area contributed by atoms with Crippen LogP contribution < -0.4 is 19.5 Å². The SMILES string of the molecule is COc1ccccc1C1CNCCN1S(=O)(=O)c1c(OC)cccc1OC. The molecule has 1 saturated heterocycles. The lowest BCUT2D eigenvalue weighted by molar-refractivity contribution is 0.262. The molecular weight excluding hydrogens is 368 g/mol. The Morgan fingerprint density at radius 2 is 1.52 bits per heavy atom. The molecule has 1 unspecified atom stereocenters. The summed E-state index contributed by atoms with van der Waals surface area (Å²) in [5, 5.41) is 3.27. The number of nitrogens with zero attached hydrogens (tertiary/aromatic N) is 1. The number of nitrogens with one attached hydrogen (secondary N) is 1. The minimum absolute atomic E-state index is 0.0387. The Kier molecular flexibility index (Phi) is 5.88. The molecule has 1 heterocycles. The molecule has 0 aliphatic carbocycles. The van der Waals surface area contributed by atoms with Crippen LogP contribution in [0.2, 0.25) is 0 Å². The molecule has 27 heavy (non-hydrogen) atoms. The van der Waals surface area contributed by atoms with Gasteiger partial charge in [-0.15, -0.1) is 0 Å². The highest BCUT2D eigenvalue weighted by molar-refractivity contribution is 7.89. The Morgan fingerprint density at radius 1 is 0.926 bits per heavy atom. The maximum absolute atomic E-state index is 13.6. The van der Waals surface area contributed by atoms with Crippen molar-refractivity contribution in [3.05, 3.63) is 48.0 Å². The lowest BCUT2D eigenvalue weighted by atomic mass is 10.0. The third-order valence-electron chi connectivity index (χ3n) is 4.64. The minimum Gasteiger partial charge on any atom is -0.496 e. The standard InChI is InChI=1S/C19H24N2O5S/c1-24-16-8-5-4-7-14(16)15-13-20-11-12-21(15)27(22,23)19-17(25-2)9-6-10-18(19)26-3/h4-10,15,20H,11-13H2,1-3H3. The number of sulfonamides is 1. The van der Waals surface area contributed by atoms with Crippen LogP contribution in [0.5, 0.6) is 17.2 Å². The average Bonchev–Trinajstić information content (AvgIpc) is 2.72. The molecule has 0 spiro atoms. The Bertz CT molecular complexity index is 878. The van der Waals surface area contributed by atoms with Crippen molar-refractivity contribution >= 4 is 10.0 Å². The molecule has 7 nitrogen and oxygen atoms in total. The predicted octanol–water partition coefficient (Wildman–Crippen LogP) is 2.05. The summed E-state index contributed by atoms with van der Waals surface area (Å²) in [6, 6.07) is 12.0. The van der Waals surface area contributed by atoms with E-state index in [9.17, 15) is 8.42 Å². The number of piperazine rings is 1. The van der Waals surface area contributed by atoms with Crippen molar-refractivity contribution in [3.63, 3.8) is 0 Å².